The SMILES string of the molecule is CCN(CCO)CCC(=O)Nc1ccc([N+](=O)[O-])cc1. The maximum absolute atomic E-state index is 11.7. The number of aliphatic hydroxyl groups excluding tert-OH is 1. The number of hydrogen-bond donors (Lipinski definition) is 2. The van der Waals surface area contributed by atoms with Crippen LogP contribution in [0, 0.1) is 10.1 Å². The summed E-state index contributed by atoms with van der Waals surface area (Å²) in [7, 11) is 0. The van der Waals surface area contributed by atoms with Crippen LogP contribution in [0.15, 0.2) is 24.3 Å². The highest BCUT2D eigenvalue weighted by atomic mass is 16.6. The molecule has 1 aromatic rings. The summed E-state index contributed by atoms with van der Waals surface area (Å²) < 4.78 is 0. The Morgan fingerprint density at radius 2 is 2.00 bits per heavy atom. The number of hydrogen-bond acceptors (Lipinski definition) is 5. The lowest BCUT2D eigenvalue weighted by Gasteiger charge is -2.18. The summed E-state index contributed by atoms with van der Waals surface area (Å²) in [5.41, 5.74) is 0.522. The number of benzene rings is 1. The minimum Gasteiger partial charge on any atom is -0.395 e. The van der Waals surface area contributed by atoms with Crippen LogP contribution < -0.4 is 5.32 Å². The fourth-order valence-corrected chi connectivity index (χ4v) is 1.72. The van der Waals surface area contributed by atoms with Gasteiger partial charge in [0.25, 0.3) is 5.69 Å². The first kappa shape index (κ1) is 16.1. The molecule has 20 heavy (non-hydrogen) atoms. The third-order valence-corrected chi connectivity index (χ3v) is 2.88. The molecule has 0 radical (unpaired) electrons. The van der Waals surface area contributed by atoms with Gasteiger partial charge in [0.05, 0.1) is 11.5 Å². The Labute approximate surface area is 117 Å². The van der Waals surface area contributed by atoms with Crippen LogP contribution in [0.2, 0.25) is 0 Å². The molecule has 1 aromatic carbocycles. The van der Waals surface area contributed by atoms with Crippen molar-refractivity contribution in [3.8, 4) is 0 Å². The van der Waals surface area contributed by atoms with Gasteiger partial charge < -0.3 is 15.3 Å². The second-order valence-corrected chi connectivity index (χ2v) is 4.26. The van der Waals surface area contributed by atoms with Crippen LogP contribution in [0.3, 0.4) is 0 Å². The quantitative estimate of drug-likeness (QED) is 0.552. The van der Waals surface area contributed by atoms with Crippen molar-refractivity contribution in [1.29, 1.82) is 0 Å². The van der Waals surface area contributed by atoms with E-state index < -0.39 is 4.92 Å². The Balaban J connectivity index is 2.43. The minimum atomic E-state index is -0.486. The van der Waals surface area contributed by atoms with E-state index in [0.717, 1.165) is 6.54 Å². The highest BCUT2D eigenvalue weighted by molar-refractivity contribution is 5.90. The number of non-ortho nitro benzene ring substituents is 1. The molecule has 0 saturated heterocycles. The fourth-order valence-electron chi connectivity index (χ4n) is 1.72. The molecule has 0 aliphatic carbocycles. The zero-order chi connectivity index (χ0) is 15.0. The van der Waals surface area contributed by atoms with E-state index in [9.17, 15) is 14.9 Å². The Bertz CT molecular complexity index is 447. The number of aliphatic hydroxyl groups is 1. The first-order chi connectivity index (χ1) is 9.56. The molecule has 0 unspecified atom stereocenters. The molecule has 0 bridgehead atoms. The average molecular weight is 281 g/mol. The number of carbonyl (C=O) groups is 1. The molecule has 0 spiro atoms. The van der Waals surface area contributed by atoms with Crippen LogP contribution in [0.5, 0.6) is 0 Å². The summed E-state index contributed by atoms with van der Waals surface area (Å²) in [4.78, 5) is 23.7. The predicted molar refractivity (Wildman–Crippen MR) is 75.5 cm³/mol. The molecule has 0 heterocycles. The molecule has 7 nitrogen and oxygen atoms in total. The van der Waals surface area contributed by atoms with Crippen molar-refractivity contribution < 1.29 is 14.8 Å². The summed E-state index contributed by atoms with van der Waals surface area (Å²) in [6.07, 6.45) is 0.310. The van der Waals surface area contributed by atoms with E-state index in [1.54, 1.807) is 0 Å². The van der Waals surface area contributed by atoms with Crippen LogP contribution in [0.4, 0.5) is 11.4 Å². The van der Waals surface area contributed by atoms with E-state index in [2.05, 4.69) is 5.32 Å². The van der Waals surface area contributed by atoms with Gasteiger partial charge in [-0.3, -0.25) is 14.9 Å². The third-order valence-electron chi connectivity index (χ3n) is 2.88. The van der Waals surface area contributed by atoms with E-state index >= 15 is 0 Å². The van der Waals surface area contributed by atoms with E-state index in [1.807, 2.05) is 11.8 Å². The van der Waals surface area contributed by atoms with E-state index in [1.165, 1.54) is 24.3 Å². The van der Waals surface area contributed by atoms with Gasteiger partial charge in [0, 0.05) is 37.3 Å². The number of likely N-dealkylation sites (N-methyl/N-ethyl adjacent to an activating group) is 1. The zero-order valence-corrected chi connectivity index (χ0v) is 11.4. The van der Waals surface area contributed by atoms with Gasteiger partial charge >= 0.3 is 0 Å². The normalized spacial score (nSPS) is 10.6. The Morgan fingerprint density at radius 1 is 1.35 bits per heavy atom. The second-order valence-electron chi connectivity index (χ2n) is 4.26. The predicted octanol–water partition coefficient (Wildman–Crippen LogP) is 1.24. The Morgan fingerprint density at radius 3 is 2.50 bits per heavy atom. The number of nitro groups is 1. The smallest absolute Gasteiger partial charge is 0.269 e. The van der Waals surface area contributed by atoms with Crippen molar-refractivity contribution in [1.82, 2.24) is 4.90 Å². The first-order valence-corrected chi connectivity index (χ1v) is 6.44. The van der Waals surface area contributed by atoms with Gasteiger partial charge in [-0.05, 0) is 18.7 Å². The van der Waals surface area contributed by atoms with E-state index in [0.29, 0.717) is 25.2 Å². The van der Waals surface area contributed by atoms with Gasteiger partial charge in [-0.1, -0.05) is 6.92 Å². The fraction of sp³-hybridized carbons (Fsp3) is 0.462. The number of carbonyl (C=O) groups excluding carboxylic acids is 1. The molecule has 1 amide bonds. The molecule has 0 atom stereocenters. The Hall–Kier alpha value is -1.99. The summed E-state index contributed by atoms with van der Waals surface area (Å²) in [6, 6.07) is 5.70. The number of rotatable bonds is 8. The van der Waals surface area contributed by atoms with Crippen LogP contribution >= 0.6 is 0 Å². The van der Waals surface area contributed by atoms with Gasteiger partial charge in [0.1, 0.15) is 0 Å². The number of nitrogens with zero attached hydrogens (tertiary/aromatic N) is 2. The molecule has 0 aromatic heterocycles. The van der Waals surface area contributed by atoms with Crippen molar-refractivity contribution in [2.45, 2.75) is 13.3 Å². The third kappa shape index (κ3) is 5.33. The highest BCUT2D eigenvalue weighted by Gasteiger charge is 2.08. The van der Waals surface area contributed by atoms with Crippen molar-refractivity contribution >= 4 is 17.3 Å². The van der Waals surface area contributed by atoms with Gasteiger partial charge in [-0.2, -0.15) is 0 Å². The van der Waals surface area contributed by atoms with Crippen molar-refractivity contribution in [2.75, 3.05) is 31.6 Å². The van der Waals surface area contributed by atoms with Crippen molar-refractivity contribution in [2.24, 2.45) is 0 Å². The number of nitro benzene ring substituents is 1. The molecule has 0 aliphatic rings. The highest BCUT2D eigenvalue weighted by Crippen LogP contribution is 2.15. The molecule has 2 N–H and O–H groups in total. The largest absolute Gasteiger partial charge is 0.395 e. The monoisotopic (exact) mass is 281 g/mol. The molecule has 0 saturated carbocycles. The maximum Gasteiger partial charge on any atom is 0.269 e. The molecular weight excluding hydrogens is 262 g/mol. The number of nitrogens with one attached hydrogen (secondary N) is 1. The molecule has 0 fully saturated rings. The standard InChI is InChI=1S/C13H19N3O4/c1-2-15(9-10-17)8-7-13(18)14-11-3-5-12(6-4-11)16(19)20/h3-6,17H,2,7-10H2,1H3,(H,14,18). The van der Waals surface area contributed by atoms with Gasteiger partial charge in [-0.25, -0.2) is 0 Å². The lowest BCUT2D eigenvalue weighted by atomic mass is 10.2. The first-order valence-electron chi connectivity index (χ1n) is 6.44. The maximum atomic E-state index is 11.7. The summed E-state index contributed by atoms with van der Waals surface area (Å²) in [5, 5.41) is 22.0. The Kier molecular flexibility index (Phi) is 6.61. The van der Waals surface area contributed by atoms with Gasteiger partial charge in [-0.15, -0.1) is 0 Å². The zero-order valence-electron chi connectivity index (χ0n) is 11.4. The minimum absolute atomic E-state index is 0.0110. The van der Waals surface area contributed by atoms with Crippen LogP contribution in [-0.4, -0.2) is 47.1 Å². The van der Waals surface area contributed by atoms with Crippen LogP contribution in [0.1, 0.15) is 13.3 Å². The van der Waals surface area contributed by atoms with E-state index in [-0.39, 0.29) is 18.2 Å². The topological polar surface area (TPSA) is 95.7 Å². The second kappa shape index (κ2) is 8.23. The lowest BCUT2D eigenvalue weighted by molar-refractivity contribution is -0.384. The molecule has 110 valence electrons. The van der Waals surface area contributed by atoms with Crippen LogP contribution in [0.25, 0.3) is 0 Å². The van der Waals surface area contributed by atoms with Crippen molar-refractivity contribution in [3.05, 3.63) is 34.4 Å². The molecular formula is C13H19N3O4. The number of anilines is 1. The molecule has 0 aliphatic heterocycles. The van der Waals surface area contributed by atoms with Crippen LogP contribution in [-0.2, 0) is 4.79 Å². The van der Waals surface area contributed by atoms with E-state index in [4.69, 9.17) is 5.11 Å². The summed E-state index contributed by atoms with van der Waals surface area (Å²) >= 11 is 0. The van der Waals surface area contributed by atoms with Crippen molar-refractivity contribution in [3.63, 3.8) is 0 Å². The summed E-state index contributed by atoms with van der Waals surface area (Å²) in [6.45, 7) is 3.91. The number of amides is 1. The molecule has 7 heteroatoms. The average Bonchev–Trinajstić information content (AvgIpc) is 2.44. The molecule has 1 rings (SSSR count). The van der Waals surface area contributed by atoms with Gasteiger partial charge in [0.2, 0.25) is 5.91 Å². The summed E-state index contributed by atoms with van der Waals surface area (Å²) in [5.74, 6) is -0.157. The lowest BCUT2D eigenvalue weighted by Crippen LogP contribution is -2.30. The van der Waals surface area contributed by atoms with Gasteiger partial charge in [0.15, 0.2) is 0 Å².